The number of rotatable bonds is 6. The summed E-state index contributed by atoms with van der Waals surface area (Å²) in [6.07, 6.45) is 1.08. The van der Waals surface area contributed by atoms with E-state index in [1.807, 2.05) is 42.5 Å². The van der Waals surface area contributed by atoms with Crippen LogP contribution in [0.25, 0.3) is 0 Å². The number of hydrogen-bond donors (Lipinski definition) is 1. The molecule has 22 heavy (non-hydrogen) atoms. The molecule has 4 heteroatoms. The predicted molar refractivity (Wildman–Crippen MR) is 84.4 cm³/mol. The van der Waals surface area contributed by atoms with Crippen LogP contribution in [0, 0.1) is 0 Å². The van der Waals surface area contributed by atoms with Crippen LogP contribution in [0.15, 0.2) is 54.6 Å². The van der Waals surface area contributed by atoms with E-state index in [4.69, 9.17) is 4.74 Å². The van der Waals surface area contributed by atoms with E-state index in [0.29, 0.717) is 25.1 Å². The van der Waals surface area contributed by atoms with Crippen molar-refractivity contribution in [1.29, 1.82) is 0 Å². The minimum absolute atomic E-state index is 0.0212. The molecule has 2 aromatic rings. The standard InChI is InChI=1S/C18H19NO3/c1-14(20)22-17-10-7-15(8-11-17)9-12-18(21)19-13-16-5-3-2-4-6-16/h2-8,10-11H,9,12-13H2,1H3,(H,19,21). The van der Waals surface area contributed by atoms with E-state index in [-0.39, 0.29) is 11.9 Å². The highest BCUT2D eigenvalue weighted by Gasteiger charge is 2.03. The Hall–Kier alpha value is -2.62. The van der Waals surface area contributed by atoms with Crippen LogP contribution < -0.4 is 10.1 Å². The second-order valence-corrected chi connectivity index (χ2v) is 5.00. The number of amides is 1. The van der Waals surface area contributed by atoms with Gasteiger partial charge < -0.3 is 10.1 Å². The summed E-state index contributed by atoms with van der Waals surface area (Å²) in [5, 5.41) is 2.90. The molecule has 114 valence electrons. The summed E-state index contributed by atoms with van der Waals surface area (Å²) in [6, 6.07) is 17.0. The molecule has 0 fully saturated rings. The van der Waals surface area contributed by atoms with Gasteiger partial charge in [0, 0.05) is 19.9 Å². The summed E-state index contributed by atoms with van der Waals surface area (Å²) in [5.41, 5.74) is 2.12. The first-order valence-corrected chi connectivity index (χ1v) is 7.21. The number of carbonyl (C=O) groups excluding carboxylic acids is 2. The van der Waals surface area contributed by atoms with E-state index in [1.165, 1.54) is 6.92 Å². The van der Waals surface area contributed by atoms with E-state index in [2.05, 4.69) is 5.32 Å². The molecule has 0 bridgehead atoms. The topological polar surface area (TPSA) is 55.4 Å². The average molecular weight is 297 g/mol. The Labute approximate surface area is 130 Å². The molecular formula is C18H19NO3. The van der Waals surface area contributed by atoms with E-state index in [1.54, 1.807) is 12.1 Å². The lowest BCUT2D eigenvalue weighted by molar-refractivity contribution is -0.131. The van der Waals surface area contributed by atoms with Gasteiger partial charge in [-0.05, 0) is 29.7 Å². The number of ether oxygens (including phenoxy) is 1. The Balaban J connectivity index is 1.75. The fraction of sp³-hybridized carbons (Fsp3) is 0.222. The van der Waals surface area contributed by atoms with Gasteiger partial charge in [-0.3, -0.25) is 9.59 Å². The van der Waals surface area contributed by atoms with Crippen LogP contribution in [-0.4, -0.2) is 11.9 Å². The molecule has 2 aromatic carbocycles. The van der Waals surface area contributed by atoms with Crippen LogP contribution >= 0.6 is 0 Å². The largest absolute Gasteiger partial charge is 0.427 e. The zero-order valence-corrected chi connectivity index (χ0v) is 12.5. The van der Waals surface area contributed by atoms with E-state index in [0.717, 1.165) is 11.1 Å². The first-order chi connectivity index (χ1) is 10.6. The fourth-order valence-electron chi connectivity index (χ4n) is 2.03. The highest BCUT2D eigenvalue weighted by Crippen LogP contribution is 2.13. The maximum Gasteiger partial charge on any atom is 0.308 e. The average Bonchev–Trinajstić information content (AvgIpc) is 2.53. The van der Waals surface area contributed by atoms with Crippen molar-refractivity contribution in [3.05, 3.63) is 65.7 Å². The Morgan fingerprint density at radius 1 is 0.955 bits per heavy atom. The minimum atomic E-state index is -0.340. The maximum atomic E-state index is 11.8. The molecule has 0 saturated carbocycles. The third-order valence-corrected chi connectivity index (χ3v) is 3.16. The Morgan fingerprint density at radius 2 is 1.64 bits per heavy atom. The van der Waals surface area contributed by atoms with Gasteiger partial charge in [-0.2, -0.15) is 0 Å². The second kappa shape index (κ2) is 7.98. The van der Waals surface area contributed by atoms with Crippen LogP contribution in [0.5, 0.6) is 5.75 Å². The first kappa shape index (κ1) is 15.8. The van der Waals surface area contributed by atoms with Gasteiger partial charge in [0.2, 0.25) is 5.91 Å². The molecule has 0 spiro atoms. The van der Waals surface area contributed by atoms with Crippen molar-refractivity contribution in [1.82, 2.24) is 5.32 Å². The van der Waals surface area contributed by atoms with Crippen LogP contribution in [-0.2, 0) is 22.6 Å². The molecule has 1 amide bonds. The molecule has 4 nitrogen and oxygen atoms in total. The van der Waals surface area contributed by atoms with Gasteiger partial charge in [0.1, 0.15) is 5.75 Å². The third-order valence-electron chi connectivity index (χ3n) is 3.16. The molecule has 0 aliphatic carbocycles. The van der Waals surface area contributed by atoms with Crippen molar-refractivity contribution in [2.24, 2.45) is 0 Å². The predicted octanol–water partition coefficient (Wildman–Crippen LogP) is 2.86. The van der Waals surface area contributed by atoms with Gasteiger partial charge in [0.05, 0.1) is 0 Å². The van der Waals surface area contributed by atoms with Crippen LogP contribution in [0.1, 0.15) is 24.5 Å². The van der Waals surface area contributed by atoms with Gasteiger partial charge >= 0.3 is 5.97 Å². The Kier molecular flexibility index (Phi) is 5.72. The lowest BCUT2D eigenvalue weighted by atomic mass is 10.1. The van der Waals surface area contributed by atoms with Crippen molar-refractivity contribution < 1.29 is 14.3 Å². The van der Waals surface area contributed by atoms with Crippen LogP contribution in [0.4, 0.5) is 0 Å². The lowest BCUT2D eigenvalue weighted by Gasteiger charge is -2.06. The zero-order chi connectivity index (χ0) is 15.8. The van der Waals surface area contributed by atoms with Crippen molar-refractivity contribution in [3.63, 3.8) is 0 Å². The molecular weight excluding hydrogens is 278 g/mol. The van der Waals surface area contributed by atoms with Crippen molar-refractivity contribution >= 4 is 11.9 Å². The normalized spacial score (nSPS) is 10.0. The summed E-state index contributed by atoms with van der Waals surface area (Å²) < 4.78 is 4.96. The number of nitrogens with one attached hydrogen (secondary N) is 1. The number of carbonyl (C=O) groups is 2. The molecule has 0 aliphatic heterocycles. The van der Waals surface area contributed by atoms with Crippen molar-refractivity contribution in [3.8, 4) is 5.75 Å². The monoisotopic (exact) mass is 297 g/mol. The molecule has 0 atom stereocenters. The second-order valence-electron chi connectivity index (χ2n) is 5.00. The molecule has 1 N–H and O–H groups in total. The summed E-state index contributed by atoms with van der Waals surface area (Å²) in [5.74, 6) is 0.200. The van der Waals surface area contributed by atoms with Gasteiger partial charge in [-0.15, -0.1) is 0 Å². The molecule has 2 rings (SSSR count). The highest BCUT2D eigenvalue weighted by atomic mass is 16.5. The summed E-state index contributed by atoms with van der Waals surface area (Å²) >= 11 is 0. The molecule has 0 aliphatic rings. The minimum Gasteiger partial charge on any atom is -0.427 e. The summed E-state index contributed by atoms with van der Waals surface area (Å²) in [6.45, 7) is 1.91. The van der Waals surface area contributed by atoms with Gasteiger partial charge in [-0.25, -0.2) is 0 Å². The summed E-state index contributed by atoms with van der Waals surface area (Å²) in [4.78, 5) is 22.6. The van der Waals surface area contributed by atoms with Crippen LogP contribution in [0.2, 0.25) is 0 Å². The fourth-order valence-corrected chi connectivity index (χ4v) is 2.03. The molecule has 0 heterocycles. The quantitative estimate of drug-likeness (QED) is 0.659. The van der Waals surface area contributed by atoms with Gasteiger partial charge in [0.15, 0.2) is 0 Å². The lowest BCUT2D eigenvalue weighted by Crippen LogP contribution is -2.22. The third kappa shape index (κ3) is 5.40. The van der Waals surface area contributed by atoms with E-state index < -0.39 is 0 Å². The Bertz CT molecular complexity index is 621. The zero-order valence-electron chi connectivity index (χ0n) is 12.5. The molecule has 0 unspecified atom stereocenters. The molecule has 0 saturated heterocycles. The van der Waals surface area contributed by atoms with Crippen LogP contribution in [0.3, 0.4) is 0 Å². The van der Waals surface area contributed by atoms with Gasteiger partial charge in [-0.1, -0.05) is 42.5 Å². The van der Waals surface area contributed by atoms with Crippen molar-refractivity contribution in [2.75, 3.05) is 0 Å². The van der Waals surface area contributed by atoms with E-state index in [9.17, 15) is 9.59 Å². The highest BCUT2D eigenvalue weighted by molar-refractivity contribution is 5.76. The molecule has 0 radical (unpaired) electrons. The smallest absolute Gasteiger partial charge is 0.308 e. The number of hydrogen-bond acceptors (Lipinski definition) is 3. The SMILES string of the molecule is CC(=O)Oc1ccc(CCC(=O)NCc2ccccc2)cc1. The van der Waals surface area contributed by atoms with E-state index >= 15 is 0 Å². The number of aryl methyl sites for hydroxylation is 1. The summed E-state index contributed by atoms with van der Waals surface area (Å²) in [7, 11) is 0. The van der Waals surface area contributed by atoms with Crippen molar-refractivity contribution in [2.45, 2.75) is 26.3 Å². The maximum absolute atomic E-state index is 11.8. The van der Waals surface area contributed by atoms with Gasteiger partial charge in [0.25, 0.3) is 0 Å². The Morgan fingerprint density at radius 3 is 2.27 bits per heavy atom. The number of esters is 1. The number of benzene rings is 2. The molecule has 0 aromatic heterocycles. The first-order valence-electron chi connectivity index (χ1n) is 7.21.